The van der Waals surface area contributed by atoms with Crippen LogP contribution in [0.1, 0.15) is 28.4 Å². The van der Waals surface area contributed by atoms with Crippen LogP contribution in [0.2, 0.25) is 0 Å². The maximum absolute atomic E-state index is 12.3. The van der Waals surface area contributed by atoms with E-state index in [-0.39, 0.29) is 18.5 Å². The summed E-state index contributed by atoms with van der Waals surface area (Å²) in [5.41, 5.74) is 1.19. The normalized spacial score (nSPS) is 19.4. The molecule has 0 spiro atoms. The fraction of sp³-hybridized carbons (Fsp3) is 0.158. The molecular weight excluding hydrogens is 292 g/mol. The topological polar surface area (TPSA) is 52.6 Å². The molecule has 2 aromatic carbocycles. The molecule has 1 aliphatic heterocycles. The van der Waals surface area contributed by atoms with Gasteiger partial charge >= 0.3 is 11.9 Å². The van der Waals surface area contributed by atoms with Crippen LogP contribution in [0, 0.1) is 0 Å². The summed E-state index contributed by atoms with van der Waals surface area (Å²) in [6.45, 7) is 1.48. The zero-order chi connectivity index (χ0) is 16.3. The second kappa shape index (κ2) is 6.08. The minimum Gasteiger partial charge on any atom is -0.462 e. The fourth-order valence-corrected chi connectivity index (χ4v) is 2.74. The van der Waals surface area contributed by atoms with Crippen molar-refractivity contribution in [1.29, 1.82) is 0 Å². The second-order valence-electron chi connectivity index (χ2n) is 5.24. The van der Waals surface area contributed by atoms with Gasteiger partial charge in [0.2, 0.25) is 0 Å². The van der Waals surface area contributed by atoms with Gasteiger partial charge in [-0.15, -0.1) is 0 Å². The summed E-state index contributed by atoms with van der Waals surface area (Å²) in [6, 6.07) is 16.8. The van der Waals surface area contributed by atoms with Gasteiger partial charge in [-0.2, -0.15) is 0 Å². The molecule has 2 aromatic rings. The van der Waals surface area contributed by atoms with Crippen molar-refractivity contribution >= 4 is 11.9 Å². The van der Waals surface area contributed by atoms with Crippen molar-refractivity contribution in [3.05, 3.63) is 83.4 Å². The Morgan fingerprint density at radius 3 is 2.57 bits per heavy atom. The van der Waals surface area contributed by atoms with E-state index in [9.17, 15) is 9.59 Å². The van der Waals surface area contributed by atoms with Crippen LogP contribution >= 0.6 is 0 Å². The Labute approximate surface area is 134 Å². The van der Waals surface area contributed by atoms with Crippen LogP contribution in [-0.2, 0) is 19.9 Å². The number of cyclic esters (lactones) is 1. The summed E-state index contributed by atoms with van der Waals surface area (Å²) < 4.78 is 10.7. The SMILES string of the molecule is CC(=O)OC/C=C/C1(c2ccccc2)OC(=O)c2ccccc21. The van der Waals surface area contributed by atoms with Crippen molar-refractivity contribution in [3.8, 4) is 0 Å². The van der Waals surface area contributed by atoms with E-state index in [4.69, 9.17) is 9.47 Å². The second-order valence-corrected chi connectivity index (χ2v) is 5.24. The first-order valence-corrected chi connectivity index (χ1v) is 7.33. The Bertz CT molecular complexity index is 764. The number of rotatable bonds is 4. The van der Waals surface area contributed by atoms with E-state index < -0.39 is 5.60 Å². The van der Waals surface area contributed by atoms with Gasteiger partial charge in [-0.25, -0.2) is 4.79 Å². The van der Waals surface area contributed by atoms with Gasteiger partial charge in [0.25, 0.3) is 0 Å². The molecule has 23 heavy (non-hydrogen) atoms. The van der Waals surface area contributed by atoms with E-state index >= 15 is 0 Å². The van der Waals surface area contributed by atoms with Crippen molar-refractivity contribution in [3.63, 3.8) is 0 Å². The number of hydrogen-bond donors (Lipinski definition) is 0. The minimum absolute atomic E-state index is 0.129. The zero-order valence-corrected chi connectivity index (χ0v) is 12.7. The first-order valence-electron chi connectivity index (χ1n) is 7.33. The largest absolute Gasteiger partial charge is 0.462 e. The van der Waals surface area contributed by atoms with Gasteiger partial charge < -0.3 is 9.47 Å². The zero-order valence-electron chi connectivity index (χ0n) is 12.7. The van der Waals surface area contributed by atoms with Crippen LogP contribution in [0.5, 0.6) is 0 Å². The molecule has 0 bridgehead atoms. The lowest BCUT2D eigenvalue weighted by Crippen LogP contribution is -2.25. The number of benzene rings is 2. The van der Waals surface area contributed by atoms with Gasteiger partial charge in [0.15, 0.2) is 5.60 Å². The highest BCUT2D eigenvalue weighted by Gasteiger charge is 2.44. The quantitative estimate of drug-likeness (QED) is 0.643. The third-order valence-corrected chi connectivity index (χ3v) is 3.74. The summed E-state index contributed by atoms with van der Waals surface area (Å²) in [6.07, 6.45) is 3.47. The summed E-state index contributed by atoms with van der Waals surface area (Å²) in [5.74, 6) is -0.714. The lowest BCUT2D eigenvalue weighted by Gasteiger charge is -2.26. The lowest BCUT2D eigenvalue weighted by molar-refractivity contribution is -0.139. The van der Waals surface area contributed by atoms with E-state index in [0.29, 0.717) is 5.56 Å². The molecule has 0 fully saturated rings. The molecular formula is C19H16O4. The van der Waals surface area contributed by atoms with Gasteiger partial charge in [0.05, 0.1) is 5.56 Å². The van der Waals surface area contributed by atoms with Crippen LogP contribution < -0.4 is 0 Å². The Morgan fingerprint density at radius 2 is 1.83 bits per heavy atom. The van der Waals surface area contributed by atoms with E-state index in [1.807, 2.05) is 48.5 Å². The van der Waals surface area contributed by atoms with Crippen molar-refractivity contribution in [2.45, 2.75) is 12.5 Å². The lowest BCUT2D eigenvalue weighted by atomic mass is 9.85. The number of carbonyl (C=O) groups is 2. The molecule has 0 radical (unpaired) electrons. The van der Waals surface area contributed by atoms with Gasteiger partial charge in [-0.3, -0.25) is 4.79 Å². The molecule has 1 aliphatic rings. The highest BCUT2D eigenvalue weighted by Crippen LogP contribution is 2.42. The predicted molar refractivity (Wildman–Crippen MR) is 84.9 cm³/mol. The average molecular weight is 308 g/mol. The van der Waals surface area contributed by atoms with E-state index in [0.717, 1.165) is 11.1 Å². The summed E-state index contributed by atoms with van der Waals surface area (Å²) in [7, 11) is 0. The predicted octanol–water partition coefficient (Wildman–Crippen LogP) is 3.22. The molecule has 0 N–H and O–H groups in total. The molecule has 3 rings (SSSR count). The first-order chi connectivity index (χ1) is 11.1. The number of carbonyl (C=O) groups excluding carboxylic acids is 2. The van der Waals surface area contributed by atoms with Crippen LogP contribution in [-0.4, -0.2) is 18.5 Å². The van der Waals surface area contributed by atoms with Crippen LogP contribution in [0.3, 0.4) is 0 Å². The van der Waals surface area contributed by atoms with Gasteiger partial charge in [0, 0.05) is 18.1 Å². The monoisotopic (exact) mass is 308 g/mol. The molecule has 0 aromatic heterocycles. The number of hydrogen-bond acceptors (Lipinski definition) is 4. The first kappa shape index (κ1) is 15.0. The molecule has 0 amide bonds. The highest BCUT2D eigenvalue weighted by molar-refractivity contribution is 5.95. The Balaban J connectivity index is 2.06. The summed E-state index contributed by atoms with van der Waals surface area (Å²) in [5, 5.41) is 0. The molecule has 0 saturated carbocycles. The average Bonchev–Trinajstić information content (AvgIpc) is 2.86. The smallest absolute Gasteiger partial charge is 0.340 e. The Kier molecular flexibility index (Phi) is 3.98. The van der Waals surface area contributed by atoms with Gasteiger partial charge in [-0.05, 0) is 18.2 Å². The number of fused-ring (bicyclic) bond motifs is 1. The molecule has 4 heteroatoms. The van der Waals surface area contributed by atoms with Crippen molar-refractivity contribution in [1.82, 2.24) is 0 Å². The summed E-state index contributed by atoms with van der Waals surface area (Å²) in [4.78, 5) is 23.2. The Hall–Kier alpha value is -2.88. The van der Waals surface area contributed by atoms with E-state index in [1.165, 1.54) is 6.92 Å². The van der Waals surface area contributed by atoms with Gasteiger partial charge in [-0.1, -0.05) is 48.5 Å². The fourth-order valence-electron chi connectivity index (χ4n) is 2.74. The maximum atomic E-state index is 12.3. The van der Waals surface area contributed by atoms with Crippen molar-refractivity contribution in [2.75, 3.05) is 6.61 Å². The molecule has 4 nitrogen and oxygen atoms in total. The third kappa shape index (κ3) is 2.75. The Morgan fingerprint density at radius 1 is 1.13 bits per heavy atom. The van der Waals surface area contributed by atoms with E-state index in [2.05, 4.69) is 0 Å². The van der Waals surface area contributed by atoms with E-state index in [1.54, 1.807) is 18.2 Å². The molecule has 0 saturated heterocycles. The number of esters is 2. The third-order valence-electron chi connectivity index (χ3n) is 3.74. The molecule has 1 atom stereocenters. The molecule has 0 aliphatic carbocycles. The minimum atomic E-state index is -0.991. The highest BCUT2D eigenvalue weighted by atomic mass is 16.6. The van der Waals surface area contributed by atoms with Crippen LogP contribution in [0.4, 0.5) is 0 Å². The van der Waals surface area contributed by atoms with Crippen LogP contribution in [0.25, 0.3) is 0 Å². The molecule has 1 unspecified atom stereocenters. The standard InChI is InChI=1S/C19H16O4/c1-14(20)22-13-7-12-19(15-8-3-2-4-9-15)17-11-6-5-10-16(17)18(21)23-19/h2-12H,13H2,1H3/b12-7+. The molecule has 116 valence electrons. The number of ether oxygens (including phenoxy) is 2. The van der Waals surface area contributed by atoms with Crippen molar-refractivity contribution in [2.24, 2.45) is 0 Å². The summed E-state index contributed by atoms with van der Waals surface area (Å²) >= 11 is 0. The van der Waals surface area contributed by atoms with Crippen LogP contribution in [0.15, 0.2) is 66.7 Å². The van der Waals surface area contributed by atoms with Crippen molar-refractivity contribution < 1.29 is 19.1 Å². The molecule has 1 heterocycles. The van der Waals surface area contributed by atoms with Gasteiger partial charge in [0.1, 0.15) is 6.61 Å². The maximum Gasteiger partial charge on any atom is 0.340 e.